The fraction of sp³-hybridized carbons (Fsp3) is 0.533. The maximum atomic E-state index is 11.8. The largest absolute Gasteiger partial charge is 0.483 e. The van der Waals surface area contributed by atoms with Crippen LogP contribution in [0.3, 0.4) is 0 Å². The lowest BCUT2D eigenvalue weighted by Gasteiger charge is -2.16. The lowest BCUT2D eigenvalue weighted by Crippen LogP contribution is -2.36. The predicted molar refractivity (Wildman–Crippen MR) is 82.8 cm³/mol. The Hall–Kier alpha value is -1.07. The van der Waals surface area contributed by atoms with E-state index >= 15 is 0 Å². The summed E-state index contributed by atoms with van der Waals surface area (Å²) in [6, 6.07) is 5.51. The number of benzene rings is 1. The molecule has 0 aliphatic rings. The van der Waals surface area contributed by atoms with Crippen LogP contribution in [0.25, 0.3) is 0 Å². The molecule has 4 nitrogen and oxygen atoms in total. The van der Waals surface area contributed by atoms with E-state index in [0.29, 0.717) is 11.3 Å². The summed E-state index contributed by atoms with van der Waals surface area (Å²) in [7, 11) is 0. The molecule has 1 unspecified atom stereocenters. The highest BCUT2D eigenvalue weighted by molar-refractivity contribution is 9.10. The van der Waals surface area contributed by atoms with Gasteiger partial charge in [0, 0.05) is 16.1 Å². The van der Waals surface area contributed by atoms with Crippen LogP contribution in [-0.4, -0.2) is 23.7 Å². The average molecular weight is 344 g/mol. The summed E-state index contributed by atoms with van der Waals surface area (Å²) in [5.41, 5.74) is 0.669. The third-order valence-corrected chi connectivity index (χ3v) is 3.41. The maximum absolute atomic E-state index is 11.8. The first-order valence-corrected chi connectivity index (χ1v) is 7.63. The Kier molecular flexibility index (Phi) is 7.02. The van der Waals surface area contributed by atoms with Crippen molar-refractivity contribution in [1.82, 2.24) is 5.32 Å². The van der Waals surface area contributed by atoms with Crippen LogP contribution in [0.1, 0.15) is 45.3 Å². The highest BCUT2D eigenvalue weighted by atomic mass is 79.9. The quantitative estimate of drug-likeness (QED) is 0.799. The summed E-state index contributed by atoms with van der Waals surface area (Å²) in [6.45, 7) is 5.67. The molecule has 0 bridgehead atoms. The second kappa shape index (κ2) is 8.27. The molecule has 0 aliphatic heterocycles. The molecule has 0 saturated heterocycles. The zero-order chi connectivity index (χ0) is 15.1. The van der Waals surface area contributed by atoms with Gasteiger partial charge in [0.2, 0.25) is 0 Å². The molecule has 20 heavy (non-hydrogen) atoms. The van der Waals surface area contributed by atoms with Crippen LogP contribution in [0.15, 0.2) is 22.7 Å². The number of nitrogens with one attached hydrogen (secondary N) is 1. The van der Waals surface area contributed by atoms with Crippen molar-refractivity contribution in [3.63, 3.8) is 0 Å². The lowest BCUT2D eigenvalue weighted by molar-refractivity contribution is -0.123. The summed E-state index contributed by atoms with van der Waals surface area (Å²) >= 11 is 3.35. The molecule has 5 heteroatoms. The van der Waals surface area contributed by atoms with Gasteiger partial charge in [-0.15, -0.1) is 0 Å². The topological polar surface area (TPSA) is 58.6 Å². The van der Waals surface area contributed by atoms with Gasteiger partial charge in [-0.25, -0.2) is 0 Å². The molecule has 1 aromatic carbocycles. The number of carbonyl (C=O) groups is 1. The van der Waals surface area contributed by atoms with Crippen molar-refractivity contribution in [3.05, 3.63) is 28.2 Å². The van der Waals surface area contributed by atoms with E-state index in [9.17, 15) is 9.90 Å². The minimum atomic E-state index is -0.639. The minimum absolute atomic E-state index is 0.0514. The van der Waals surface area contributed by atoms with Crippen molar-refractivity contribution in [2.75, 3.05) is 6.61 Å². The molecule has 112 valence electrons. The summed E-state index contributed by atoms with van der Waals surface area (Å²) < 4.78 is 6.36. The number of aliphatic hydroxyl groups excluding tert-OH is 1. The van der Waals surface area contributed by atoms with Crippen LogP contribution in [0.5, 0.6) is 5.75 Å². The molecular weight excluding hydrogens is 322 g/mol. The number of hydrogen-bond donors (Lipinski definition) is 2. The highest BCUT2D eigenvalue weighted by Gasteiger charge is 2.12. The van der Waals surface area contributed by atoms with Gasteiger partial charge in [-0.05, 0) is 32.4 Å². The van der Waals surface area contributed by atoms with Crippen molar-refractivity contribution in [3.8, 4) is 5.75 Å². The van der Waals surface area contributed by atoms with Crippen molar-refractivity contribution < 1.29 is 14.6 Å². The van der Waals surface area contributed by atoms with E-state index in [0.717, 1.165) is 17.3 Å². The summed E-state index contributed by atoms with van der Waals surface area (Å²) in [5, 5.41) is 12.6. The van der Waals surface area contributed by atoms with Crippen LogP contribution in [0, 0.1) is 0 Å². The number of ether oxygens (including phenoxy) is 1. The number of carbonyl (C=O) groups excluding carboxylic acids is 1. The van der Waals surface area contributed by atoms with Crippen molar-refractivity contribution in [2.45, 2.75) is 45.8 Å². The second-order valence-electron chi connectivity index (χ2n) is 4.90. The summed E-state index contributed by atoms with van der Waals surface area (Å²) in [6.07, 6.45) is 1.34. The van der Waals surface area contributed by atoms with Gasteiger partial charge in [0.05, 0.1) is 6.10 Å². The lowest BCUT2D eigenvalue weighted by atomic mass is 10.1. The molecule has 0 fully saturated rings. The monoisotopic (exact) mass is 343 g/mol. The highest BCUT2D eigenvalue weighted by Crippen LogP contribution is 2.28. The van der Waals surface area contributed by atoms with E-state index in [2.05, 4.69) is 28.2 Å². The number of rotatable bonds is 7. The summed E-state index contributed by atoms with van der Waals surface area (Å²) in [4.78, 5) is 11.8. The molecule has 1 amide bonds. The van der Waals surface area contributed by atoms with E-state index in [4.69, 9.17) is 4.74 Å². The van der Waals surface area contributed by atoms with Gasteiger partial charge in [-0.1, -0.05) is 35.3 Å². The average Bonchev–Trinajstić information content (AvgIpc) is 2.36. The molecule has 1 aromatic rings. The van der Waals surface area contributed by atoms with E-state index in [1.807, 2.05) is 13.0 Å². The molecule has 0 radical (unpaired) electrons. The van der Waals surface area contributed by atoms with Gasteiger partial charge < -0.3 is 15.2 Å². The van der Waals surface area contributed by atoms with Crippen LogP contribution in [-0.2, 0) is 4.79 Å². The SMILES string of the molecule is CCCC(C)NC(=O)COc1cc(Br)ccc1[C@H](C)O. The normalized spacial score (nSPS) is 13.7. The number of hydrogen-bond acceptors (Lipinski definition) is 3. The Morgan fingerprint density at radius 2 is 2.15 bits per heavy atom. The minimum Gasteiger partial charge on any atom is -0.483 e. The van der Waals surface area contributed by atoms with Gasteiger partial charge >= 0.3 is 0 Å². The Bertz CT molecular complexity index is 449. The zero-order valence-electron chi connectivity index (χ0n) is 12.1. The van der Waals surface area contributed by atoms with E-state index in [1.54, 1.807) is 19.1 Å². The molecule has 0 spiro atoms. The first kappa shape index (κ1) is 17.0. The van der Waals surface area contributed by atoms with E-state index in [-0.39, 0.29) is 18.6 Å². The van der Waals surface area contributed by atoms with Crippen LogP contribution in [0.4, 0.5) is 0 Å². The van der Waals surface area contributed by atoms with Gasteiger partial charge in [-0.2, -0.15) is 0 Å². The number of halogens is 1. The smallest absolute Gasteiger partial charge is 0.258 e. The molecular formula is C15H22BrNO3. The number of amides is 1. The van der Waals surface area contributed by atoms with Gasteiger partial charge in [-0.3, -0.25) is 4.79 Å². The maximum Gasteiger partial charge on any atom is 0.258 e. The molecule has 2 atom stereocenters. The second-order valence-corrected chi connectivity index (χ2v) is 5.82. The van der Waals surface area contributed by atoms with Gasteiger partial charge in [0.15, 0.2) is 6.61 Å². The van der Waals surface area contributed by atoms with E-state index < -0.39 is 6.10 Å². The van der Waals surface area contributed by atoms with Crippen molar-refractivity contribution in [2.24, 2.45) is 0 Å². The predicted octanol–water partition coefficient (Wildman–Crippen LogP) is 3.19. The van der Waals surface area contributed by atoms with Crippen LogP contribution in [0.2, 0.25) is 0 Å². The molecule has 1 rings (SSSR count). The molecule has 0 heterocycles. The van der Waals surface area contributed by atoms with Gasteiger partial charge in [0.25, 0.3) is 5.91 Å². The zero-order valence-corrected chi connectivity index (χ0v) is 13.7. The number of aliphatic hydroxyl groups is 1. The van der Waals surface area contributed by atoms with Gasteiger partial charge in [0.1, 0.15) is 5.75 Å². The van der Waals surface area contributed by atoms with Crippen LogP contribution >= 0.6 is 15.9 Å². The first-order chi connectivity index (χ1) is 9.43. The standard InChI is InChI=1S/C15H22BrNO3/c1-4-5-10(2)17-15(19)9-20-14-8-12(16)6-7-13(14)11(3)18/h6-8,10-11,18H,4-5,9H2,1-3H3,(H,17,19)/t10?,11-/m0/s1. The van der Waals surface area contributed by atoms with Crippen molar-refractivity contribution >= 4 is 21.8 Å². The van der Waals surface area contributed by atoms with E-state index in [1.165, 1.54) is 0 Å². The fourth-order valence-corrected chi connectivity index (χ4v) is 2.28. The molecule has 0 aromatic heterocycles. The molecule has 0 saturated carbocycles. The third kappa shape index (κ3) is 5.51. The first-order valence-electron chi connectivity index (χ1n) is 6.83. The Labute approximate surface area is 128 Å². The Morgan fingerprint density at radius 3 is 2.75 bits per heavy atom. The Morgan fingerprint density at radius 1 is 1.45 bits per heavy atom. The molecule has 0 aliphatic carbocycles. The molecule has 2 N–H and O–H groups in total. The van der Waals surface area contributed by atoms with Crippen molar-refractivity contribution in [1.29, 1.82) is 0 Å². The fourth-order valence-electron chi connectivity index (χ4n) is 1.94. The summed E-state index contributed by atoms with van der Waals surface area (Å²) in [5.74, 6) is 0.370. The Balaban J connectivity index is 2.61. The third-order valence-electron chi connectivity index (χ3n) is 2.91. The van der Waals surface area contributed by atoms with Crippen LogP contribution < -0.4 is 10.1 Å².